The van der Waals surface area contributed by atoms with Gasteiger partial charge in [0.1, 0.15) is 0 Å². The molecular formula is C16H32. The third kappa shape index (κ3) is 4.11. The zero-order valence-electron chi connectivity index (χ0n) is 12.1. The van der Waals surface area contributed by atoms with Gasteiger partial charge < -0.3 is 0 Å². The highest BCUT2D eigenvalue weighted by atomic mass is 14.5. The molecular weight excluding hydrogens is 192 g/mol. The van der Waals surface area contributed by atoms with E-state index in [2.05, 4.69) is 34.6 Å². The van der Waals surface area contributed by atoms with E-state index in [0.717, 1.165) is 29.6 Å². The van der Waals surface area contributed by atoms with Gasteiger partial charge in [-0.3, -0.25) is 0 Å². The van der Waals surface area contributed by atoms with Gasteiger partial charge in [-0.05, 0) is 29.6 Å². The molecule has 0 aromatic rings. The van der Waals surface area contributed by atoms with E-state index in [1.165, 1.54) is 38.5 Å². The monoisotopic (exact) mass is 224 g/mol. The van der Waals surface area contributed by atoms with Gasteiger partial charge in [-0.2, -0.15) is 0 Å². The number of rotatable bonds is 8. The molecule has 0 nitrogen and oxygen atoms in total. The minimum absolute atomic E-state index is 0.945. The molecule has 1 aliphatic rings. The molecule has 1 fully saturated rings. The van der Waals surface area contributed by atoms with E-state index < -0.39 is 0 Å². The van der Waals surface area contributed by atoms with Crippen molar-refractivity contribution < 1.29 is 0 Å². The lowest BCUT2D eigenvalue weighted by molar-refractivity contribution is 0.402. The summed E-state index contributed by atoms with van der Waals surface area (Å²) in [6.45, 7) is 12.0. The van der Waals surface area contributed by atoms with Gasteiger partial charge in [0, 0.05) is 0 Å². The van der Waals surface area contributed by atoms with Gasteiger partial charge in [0.2, 0.25) is 0 Å². The van der Waals surface area contributed by atoms with E-state index in [1.807, 2.05) is 0 Å². The summed E-state index contributed by atoms with van der Waals surface area (Å²) in [4.78, 5) is 0. The van der Waals surface area contributed by atoms with Crippen molar-refractivity contribution in [1.29, 1.82) is 0 Å². The summed E-state index contributed by atoms with van der Waals surface area (Å²) in [5.74, 6) is 4.99. The number of unbranched alkanes of at least 4 members (excludes halogenated alkanes) is 2. The molecule has 4 atom stereocenters. The summed E-state index contributed by atoms with van der Waals surface area (Å²) >= 11 is 0. The highest BCUT2D eigenvalue weighted by molar-refractivity contribution is 4.93. The molecule has 1 saturated carbocycles. The third-order valence-corrected chi connectivity index (χ3v) is 5.11. The van der Waals surface area contributed by atoms with Crippen LogP contribution in [-0.4, -0.2) is 0 Å². The van der Waals surface area contributed by atoms with Crippen LogP contribution >= 0.6 is 0 Å². The van der Waals surface area contributed by atoms with Crippen molar-refractivity contribution >= 4 is 0 Å². The Morgan fingerprint density at radius 1 is 0.875 bits per heavy atom. The molecule has 0 bridgehead atoms. The average molecular weight is 224 g/mol. The van der Waals surface area contributed by atoms with Crippen LogP contribution in [0.3, 0.4) is 0 Å². The van der Waals surface area contributed by atoms with E-state index in [4.69, 9.17) is 0 Å². The lowest BCUT2D eigenvalue weighted by Crippen LogP contribution is -2.00. The molecule has 0 radical (unpaired) electrons. The standard InChI is InChI=1S/C16H32/c1-6-12(2)10-8-7-9-11-13(3)16-14(4)15(16)5/h12-16H,6-11H2,1-5H3. The third-order valence-electron chi connectivity index (χ3n) is 5.11. The van der Waals surface area contributed by atoms with Crippen LogP contribution in [0.5, 0.6) is 0 Å². The minimum atomic E-state index is 0.945. The molecule has 1 aliphatic carbocycles. The maximum atomic E-state index is 2.47. The van der Waals surface area contributed by atoms with Crippen molar-refractivity contribution in [2.24, 2.45) is 29.6 Å². The van der Waals surface area contributed by atoms with E-state index in [1.54, 1.807) is 0 Å². The zero-order valence-corrected chi connectivity index (χ0v) is 12.1. The topological polar surface area (TPSA) is 0 Å². The first-order chi connectivity index (χ1) is 7.57. The molecule has 96 valence electrons. The maximum Gasteiger partial charge on any atom is -0.0332 e. The first kappa shape index (κ1) is 14.1. The van der Waals surface area contributed by atoms with Crippen molar-refractivity contribution in [1.82, 2.24) is 0 Å². The minimum Gasteiger partial charge on any atom is -0.0651 e. The molecule has 0 N–H and O–H groups in total. The summed E-state index contributed by atoms with van der Waals surface area (Å²) in [6.07, 6.45) is 8.66. The van der Waals surface area contributed by atoms with Crippen LogP contribution in [0.2, 0.25) is 0 Å². The maximum absolute atomic E-state index is 2.47. The van der Waals surface area contributed by atoms with Gasteiger partial charge in [0.15, 0.2) is 0 Å². The van der Waals surface area contributed by atoms with Crippen LogP contribution in [0.1, 0.15) is 73.1 Å². The fourth-order valence-corrected chi connectivity index (χ4v) is 3.27. The van der Waals surface area contributed by atoms with Crippen molar-refractivity contribution in [3.8, 4) is 0 Å². The normalized spacial score (nSPS) is 32.4. The molecule has 0 saturated heterocycles. The Hall–Kier alpha value is 0. The second-order valence-electron chi connectivity index (χ2n) is 6.42. The van der Waals surface area contributed by atoms with Crippen LogP contribution in [-0.2, 0) is 0 Å². The zero-order chi connectivity index (χ0) is 12.1. The van der Waals surface area contributed by atoms with E-state index >= 15 is 0 Å². The molecule has 4 unspecified atom stereocenters. The van der Waals surface area contributed by atoms with Gasteiger partial charge in [0.05, 0.1) is 0 Å². The van der Waals surface area contributed by atoms with Crippen molar-refractivity contribution in [2.45, 2.75) is 73.1 Å². The average Bonchev–Trinajstić information content (AvgIpc) is 2.85. The summed E-state index contributed by atoms with van der Waals surface area (Å²) in [5.41, 5.74) is 0. The lowest BCUT2D eigenvalue weighted by atomic mass is 9.94. The molecule has 0 spiro atoms. The van der Waals surface area contributed by atoms with Crippen LogP contribution in [0.25, 0.3) is 0 Å². The predicted octanol–water partition coefficient (Wildman–Crippen LogP) is 5.52. The molecule has 0 heteroatoms. The molecule has 0 heterocycles. The Labute approximate surface area is 103 Å². The fourth-order valence-electron chi connectivity index (χ4n) is 3.27. The fraction of sp³-hybridized carbons (Fsp3) is 1.00. The number of hydrogen-bond acceptors (Lipinski definition) is 0. The lowest BCUT2D eigenvalue weighted by Gasteiger charge is -2.11. The largest absolute Gasteiger partial charge is 0.0651 e. The summed E-state index contributed by atoms with van der Waals surface area (Å²) in [7, 11) is 0. The van der Waals surface area contributed by atoms with E-state index in [-0.39, 0.29) is 0 Å². The second-order valence-corrected chi connectivity index (χ2v) is 6.42. The van der Waals surface area contributed by atoms with Crippen LogP contribution in [0.4, 0.5) is 0 Å². The second kappa shape index (κ2) is 6.67. The van der Waals surface area contributed by atoms with Gasteiger partial charge in [0.25, 0.3) is 0 Å². The number of hydrogen-bond donors (Lipinski definition) is 0. The van der Waals surface area contributed by atoms with Crippen LogP contribution in [0, 0.1) is 29.6 Å². The molecule has 0 aromatic carbocycles. The Kier molecular flexibility index (Phi) is 5.86. The summed E-state index contributed by atoms with van der Waals surface area (Å²) in [6, 6.07) is 0. The van der Waals surface area contributed by atoms with Gasteiger partial charge >= 0.3 is 0 Å². The molecule has 0 aromatic heterocycles. The predicted molar refractivity (Wildman–Crippen MR) is 73.5 cm³/mol. The molecule has 16 heavy (non-hydrogen) atoms. The van der Waals surface area contributed by atoms with Gasteiger partial charge in [-0.25, -0.2) is 0 Å². The van der Waals surface area contributed by atoms with Gasteiger partial charge in [-0.15, -0.1) is 0 Å². The van der Waals surface area contributed by atoms with Crippen molar-refractivity contribution in [3.05, 3.63) is 0 Å². The quantitative estimate of drug-likeness (QED) is 0.476. The molecule has 0 aliphatic heterocycles. The van der Waals surface area contributed by atoms with Crippen LogP contribution < -0.4 is 0 Å². The highest BCUT2D eigenvalue weighted by Crippen LogP contribution is 2.51. The first-order valence-electron chi connectivity index (χ1n) is 7.57. The smallest absolute Gasteiger partial charge is 0.0332 e. The Morgan fingerprint density at radius 3 is 1.94 bits per heavy atom. The van der Waals surface area contributed by atoms with E-state index in [9.17, 15) is 0 Å². The summed E-state index contributed by atoms with van der Waals surface area (Å²) in [5, 5.41) is 0. The molecule has 1 rings (SSSR count). The Morgan fingerprint density at radius 2 is 1.44 bits per heavy atom. The van der Waals surface area contributed by atoms with Gasteiger partial charge in [-0.1, -0.05) is 73.1 Å². The van der Waals surface area contributed by atoms with Crippen molar-refractivity contribution in [2.75, 3.05) is 0 Å². The Balaban J connectivity index is 1.95. The van der Waals surface area contributed by atoms with Crippen LogP contribution in [0.15, 0.2) is 0 Å². The first-order valence-corrected chi connectivity index (χ1v) is 7.57. The van der Waals surface area contributed by atoms with E-state index in [0.29, 0.717) is 0 Å². The van der Waals surface area contributed by atoms with Crippen molar-refractivity contribution in [3.63, 3.8) is 0 Å². The molecule has 0 amide bonds. The Bertz CT molecular complexity index is 176. The summed E-state index contributed by atoms with van der Waals surface area (Å²) < 4.78 is 0. The highest BCUT2D eigenvalue weighted by Gasteiger charge is 2.45. The SMILES string of the molecule is CCC(C)CCCCCC(C)C1C(C)C1C.